The Morgan fingerprint density at radius 2 is 1.73 bits per heavy atom. The first-order chi connectivity index (χ1) is 17.7. The Balaban J connectivity index is 1.30. The standard InChI is InChI=1S/C31H37N5O/c1-20-6-5-15-36(20)31(4)13-11-21-7-8-22(16-23(21)12-14-31)25-17-26-28(34-35-29(26)33-19-25)24-9-10-27(32-18-24)30(2,3)37/h7-10,16-20,37H,5-6,11-15H2,1-4H3,(H,33,34,35). The summed E-state index contributed by atoms with van der Waals surface area (Å²) >= 11 is 0. The van der Waals surface area contributed by atoms with Crippen LogP contribution in [0, 0.1) is 0 Å². The van der Waals surface area contributed by atoms with Gasteiger partial charge in [-0.25, -0.2) is 4.98 Å². The van der Waals surface area contributed by atoms with E-state index in [4.69, 9.17) is 0 Å². The van der Waals surface area contributed by atoms with Crippen LogP contribution in [0.25, 0.3) is 33.4 Å². The number of hydrogen-bond donors (Lipinski definition) is 2. The molecular formula is C31H37N5O. The summed E-state index contributed by atoms with van der Waals surface area (Å²) in [7, 11) is 0. The number of aryl methyl sites for hydroxylation is 2. The van der Waals surface area contributed by atoms with Gasteiger partial charge in [-0.15, -0.1) is 0 Å². The largest absolute Gasteiger partial charge is 0.384 e. The van der Waals surface area contributed by atoms with Crippen molar-refractivity contribution in [2.45, 2.75) is 83.4 Å². The van der Waals surface area contributed by atoms with Crippen LogP contribution in [0.1, 0.15) is 70.2 Å². The van der Waals surface area contributed by atoms with Gasteiger partial charge in [0.1, 0.15) is 5.60 Å². The van der Waals surface area contributed by atoms with Gasteiger partial charge in [0, 0.05) is 40.5 Å². The minimum atomic E-state index is -0.973. The van der Waals surface area contributed by atoms with Crippen molar-refractivity contribution >= 4 is 11.0 Å². The van der Waals surface area contributed by atoms with E-state index in [1.54, 1.807) is 20.0 Å². The summed E-state index contributed by atoms with van der Waals surface area (Å²) in [6.07, 6.45) is 11.1. The van der Waals surface area contributed by atoms with Gasteiger partial charge in [-0.05, 0) is 108 Å². The molecule has 0 amide bonds. The van der Waals surface area contributed by atoms with E-state index in [0.29, 0.717) is 17.4 Å². The fraction of sp³-hybridized carbons (Fsp3) is 0.452. The van der Waals surface area contributed by atoms with E-state index in [1.165, 1.54) is 48.9 Å². The van der Waals surface area contributed by atoms with Crippen LogP contribution in [-0.4, -0.2) is 48.3 Å². The Morgan fingerprint density at radius 1 is 0.973 bits per heavy atom. The molecule has 4 aromatic rings. The van der Waals surface area contributed by atoms with E-state index in [1.807, 2.05) is 18.3 Å². The molecule has 6 heteroatoms. The molecular weight excluding hydrogens is 458 g/mol. The van der Waals surface area contributed by atoms with Gasteiger partial charge in [-0.2, -0.15) is 5.10 Å². The molecule has 1 aromatic carbocycles. The Morgan fingerprint density at radius 3 is 2.43 bits per heavy atom. The zero-order valence-electron chi connectivity index (χ0n) is 22.4. The van der Waals surface area contributed by atoms with Gasteiger partial charge in [-0.3, -0.25) is 15.0 Å². The molecule has 0 saturated carbocycles. The second-order valence-electron chi connectivity index (χ2n) is 11.8. The molecule has 6 nitrogen and oxygen atoms in total. The van der Waals surface area contributed by atoms with Gasteiger partial charge in [0.25, 0.3) is 0 Å². The molecule has 2 atom stereocenters. The highest BCUT2D eigenvalue weighted by molar-refractivity contribution is 5.93. The van der Waals surface area contributed by atoms with E-state index >= 15 is 0 Å². The number of aromatic nitrogens is 4. The normalized spacial score (nSPS) is 22.8. The predicted octanol–water partition coefficient (Wildman–Crippen LogP) is 6.04. The first kappa shape index (κ1) is 24.3. The number of nitrogens with one attached hydrogen (secondary N) is 1. The zero-order chi connectivity index (χ0) is 25.8. The molecule has 37 heavy (non-hydrogen) atoms. The van der Waals surface area contributed by atoms with Crippen molar-refractivity contribution in [3.8, 4) is 22.4 Å². The fourth-order valence-corrected chi connectivity index (χ4v) is 6.42. The van der Waals surface area contributed by atoms with E-state index in [-0.39, 0.29) is 5.54 Å². The number of aliphatic hydroxyl groups is 1. The number of fused-ring (bicyclic) bond motifs is 2. The van der Waals surface area contributed by atoms with Crippen molar-refractivity contribution in [2.75, 3.05) is 6.54 Å². The zero-order valence-corrected chi connectivity index (χ0v) is 22.4. The summed E-state index contributed by atoms with van der Waals surface area (Å²) in [6.45, 7) is 9.62. The Hall–Kier alpha value is -3.09. The summed E-state index contributed by atoms with van der Waals surface area (Å²) in [5.41, 5.74) is 7.73. The Labute approximate surface area is 219 Å². The van der Waals surface area contributed by atoms with Crippen molar-refractivity contribution in [1.29, 1.82) is 0 Å². The van der Waals surface area contributed by atoms with Crippen LogP contribution in [0.15, 0.2) is 48.8 Å². The number of H-pyrrole nitrogens is 1. The second-order valence-corrected chi connectivity index (χ2v) is 11.8. The van der Waals surface area contributed by atoms with Gasteiger partial charge in [-0.1, -0.05) is 18.2 Å². The van der Waals surface area contributed by atoms with Crippen LogP contribution in [0.2, 0.25) is 0 Å². The van der Waals surface area contributed by atoms with Crippen molar-refractivity contribution in [1.82, 2.24) is 25.1 Å². The minimum Gasteiger partial charge on any atom is -0.384 e. The SMILES string of the molecule is CC1CCCN1C1(C)CCc2ccc(-c3cnc4n[nH]c(-c5ccc(C(C)(C)O)nc5)c4c3)cc2CC1. The highest BCUT2D eigenvalue weighted by Gasteiger charge is 2.38. The van der Waals surface area contributed by atoms with Crippen LogP contribution in [0.5, 0.6) is 0 Å². The van der Waals surface area contributed by atoms with Crippen LogP contribution < -0.4 is 0 Å². The number of hydrogen-bond acceptors (Lipinski definition) is 5. The summed E-state index contributed by atoms with van der Waals surface area (Å²) in [4.78, 5) is 11.9. The molecule has 3 aromatic heterocycles. The molecule has 0 radical (unpaired) electrons. The lowest BCUT2D eigenvalue weighted by molar-refractivity contribution is 0.0739. The second kappa shape index (κ2) is 9.03. The Bertz CT molecular complexity index is 1430. The van der Waals surface area contributed by atoms with Gasteiger partial charge < -0.3 is 5.11 Å². The molecule has 192 valence electrons. The van der Waals surface area contributed by atoms with Gasteiger partial charge in [0.15, 0.2) is 5.65 Å². The molecule has 1 aliphatic carbocycles. The van der Waals surface area contributed by atoms with E-state index in [0.717, 1.165) is 35.0 Å². The molecule has 2 unspecified atom stereocenters. The lowest BCUT2D eigenvalue weighted by Gasteiger charge is -2.41. The first-order valence-electron chi connectivity index (χ1n) is 13.6. The summed E-state index contributed by atoms with van der Waals surface area (Å²) in [5, 5.41) is 18.8. The van der Waals surface area contributed by atoms with Gasteiger partial charge >= 0.3 is 0 Å². The Kier molecular flexibility index (Phi) is 5.92. The van der Waals surface area contributed by atoms with Crippen molar-refractivity contribution in [3.05, 3.63) is 65.6 Å². The summed E-state index contributed by atoms with van der Waals surface area (Å²) < 4.78 is 0. The van der Waals surface area contributed by atoms with Crippen LogP contribution in [-0.2, 0) is 18.4 Å². The third-order valence-corrected chi connectivity index (χ3v) is 8.74. The summed E-state index contributed by atoms with van der Waals surface area (Å²) in [5.74, 6) is 0. The molecule has 4 heterocycles. The van der Waals surface area contributed by atoms with Crippen molar-refractivity contribution in [3.63, 3.8) is 0 Å². The molecule has 1 fully saturated rings. The van der Waals surface area contributed by atoms with E-state index in [2.05, 4.69) is 63.2 Å². The topological polar surface area (TPSA) is 77.9 Å². The molecule has 2 aliphatic rings. The van der Waals surface area contributed by atoms with Crippen LogP contribution in [0.3, 0.4) is 0 Å². The minimum absolute atomic E-state index is 0.288. The number of rotatable bonds is 4. The number of nitrogens with zero attached hydrogens (tertiary/aromatic N) is 4. The lowest BCUT2D eigenvalue weighted by Crippen LogP contribution is -2.48. The van der Waals surface area contributed by atoms with E-state index in [9.17, 15) is 5.11 Å². The molecule has 0 bridgehead atoms. The van der Waals surface area contributed by atoms with Crippen LogP contribution >= 0.6 is 0 Å². The quantitative estimate of drug-likeness (QED) is 0.338. The molecule has 1 aliphatic heterocycles. The third-order valence-electron chi connectivity index (χ3n) is 8.74. The van der Waals surface area contributed by atoms with Gasteiger partial charge in [0.05, 0.1) is 11.4 Å². The lowest BCUT2D eigenvalue weighted by atomic mass is 9.89. The van der Waals surface area contributed by atoms with E-state index < -0.39 is 5.60 Å². The first-order valence-corrected chi connectivity index (χ1v) is 13.6. The predicted molar refractivity (Wildman–Crippen MR) is 148 cm³/mol. The number of likely N-dealkylation sites (tertiary alicyclic amines) is 1. The highest BCUT2D eigenvalue weighted by atomic mass is 16.3. The molecule has 1 saturated heterocycles. The van der Waals surface area contributed by atoms with Gasteiger partial charge in [0.2, 0.25) is 0 Å². The molecule has 0 spiro atoms. The summed E-state index contributed by atoms with van der Waals surface area (Å²) in [6, 6.07) is 13.7. The third kappa shape index (κ3) is 4.47. The molecule has 2 N–H and O–H groups in total. The van der Waals surface area contributed by atoms with Crippen molar-refractivity contribution < 1.29 is 5.11 Å². The fourth-order valence-electron chi connectivity index (χ4n) is 6.42. The maximum absolute atomic E-state index is 10.2. The average Bonchev–Trinajstić information content (AvgIpc) is 3.48. The highest BCUT2D eigenvalue weighted by Crippen LogP contribution is 2.38. The average molecular weight is 496 g/mol. The smallest absolute Gasteiger partial charge is 0.181 e. The maximum Gasteiger partial charge on any atom is 0.181 e. The maximum atomic E-state index is 10.2. The van der Waals surface area contributed by atoms with Crippen molar-refractivity contribution in [2.24, 2.45) is 0 Å². The van der Waals surface area contributed by atoms with Crippen LogP contribution in [0.4, 0.5) is 0 Å². The number of benzene rings is 1. The monoisotopic (exact) mass is 495 g/mol. The number of pyridine rings is 2. The number of aromatic amines is 1. The molecule has 6 rings (SSSR count).